The number of hydrogen-bond donors (Lipinski definition) is 0. The monoisotopic (exact) mass is 788 g/mol. The predicted molar refractivity (Wildman–Crippen MR) is 180 cm³/mol. The molecule has 0 N–H and O–H groups in total. The van der Waals surface area contributed by atoms with Crippen LogP contribution in [0.3, 0.4) is 0 Å². The van der Waals surface area contributed by atoms with Crippen molar-refractivity contribution in [3.63, 3.8) is 0 Å². The zero-order chi connectivity index (χ0) is 28.7. The van der Waals surface area contributed by atoms with E-state index >= 15 is 0 Å². The van der Waals surface area contributed by atoms with Crippen LogP contribution in [-0.2, 0) is 6.42 Å². The molecule has 0 saturated carbocycles. The lowest BCUT2D eigenvalue weighted by atomic mass is 9.83. The Balaban J connectivity index is 1.56. The van der Waals surface area contributed by atoms with E-state index in [1.165, 1.54) is 16.9 Å². The molecule has 2 aliphatic rings. The standard InChI is InChI=1S/C32H26I2N2O4S/c1-4-13-40-30-23(33)14-18(15-24(30)34)16-27-31(37)36-29(20-10-12-25(38-2)26(17-20)39-3)22-11-9-19-7-5-6-8-21(19)28(22)35-32(36)41-27/h4-8,10,12,14-17,29H,1,9,11,13H2,2-3H3. The van der Waals surface area contributed by atoms with Gasteiger partial charge in [-0.3, -0.25) is 9.36 Å². The van der Waals surface area contributed by atoms with Crippen molar-refractivity contribution in [2.75, 3.05) is 20.8 Å². The Labute approximate surface area is 269 Å². The number of nitrogens with zero attached hydrogens (tertiary/aromatic N) is 2. The number of benzene rings is 3. The highest BCUT2D eigenvalue weighted by Gasteiger charge is 2.33. The fourth-order valence-corrected chi connectivity index (χ4v) is 8.57. The number of hydrogen-bond acceptors (Lipinski definition) is 6. The van der Waals surface area contributed by atoms with E-state index in [0.717, 1.165) is 53.7 Å². The minimum absolute atomic E-state index is 0.0593. The van der Waals surface area contributed by atoms with Crippen LogP contribution in [0.5, 0.6) is 17.2 Å². The molecular formula is C32H26I2N2O4S. The number of fused-ring (bicyclic) bond motifs is 3. The van der Waals surface area contributed by atoms with E-state index in [1.807, 2.05) is 41.0 Å². The first-order chi connectivity index (χ1) is 19.9. The van der Waals surface area contributed by atoms with Gasteiger partial charge in [-0.05, 0) is 111 Å². The van der Waals surface area contributed by atoms with Crippen LogP contribution in [0.1, 0.15) is 34.7 Å². The van der Waals surface area contributed by atoms with E-state index in [4.69, 9.17) is 19.2 Å². The average Bonchev–Trinajstić information content (AvgIpc) is 3.29. The quantitative estimate of drug-likeness (QED) is 0.168. The third-order valence-corrected chi connectivity index (χ3v) is 9.85. The number of rotatable bonds is 7. The first kappa shape index (κ1) is 28.2. The zero-order valence-electron chi connectivity index (χ0n) is 22.4. The second kappa shape index (κ2) is 11.8. The average molecular weight is 788 g/mol. The van der Waals surface area contributed by atoms with Crippen LogP contribution in [0.2, 0.25) is 0 Å². The van der Waals surface area contributed by atoms with Gasteiger partial charge in [0.2, 0.25) is 0 Å². The Bertz CT molecular complexity index is 1880. The molecule has 1 aliphatic heterocycles. The van der Waals surface area contributed by atoms with Crippen molar-refractivity contribution >= 4 is 68.3 Å². The third-order valence-electron chi connectivity index (χ3n) is 7.26. The molecule has 4 aromatic rings. The minimum atomic E-state index is -0.300. The zero-order valence-corrected chi connectivity index (χ0v) is 27.6. The molecular weight excluding hydrogens is 762 g/mol. The van der Waals surface area contributed by atoms with Gasteiger partial charge in [0.1, 0.15) is 12.4 Å². The molecule has 0 saturated heterocycles. The van der Waals surface area contributed by atoms with Crippen LogP contribution >= 0.6 is 56.5 Å². The van der Waals surface area contributed by atoms with E-state index in [1.54, 1.807) is 20.3 Å². The molecule has 0 spiro atoms. The van der Waals surface area contributed by atoms with Crippen LogP contribution < -0.4 is 29.1 Å². The Morgan fingerprint density at radius 2 is 1.80 bits per heavy atom. The van der Waals surface area contributed by atoms with E-state index in [2.05, 4.69) is 76.0 Å². The predicted octanol–water partition coefficient (Wildman–Crippen LogP) is 6.11. The van der Waals surface area contributed by atoms with Gasteiger partial charge in [0.15, 0.2) is 16.3 Å². The number of allylic oxidation sites excluding steroid dienone is 1. The van der Waals surface area contributed by atoms with Gasteiger partial charge < -0.3 is 14.2 Å². The minimum Gasteiger partial charge on any atom is -0.493 e. The molecule has 9 heteroatoms. The molecule has 1 atom stereocenters. The smallest absolute Gasteiger partial charge is 0.271 e. The summed E-state index contributed by atoms with van der Waals surface area (Å²) in [5.74, 6) is 2.10. The van der Waals surface area contributed by atoms with E-state index in [9.17, 15) is 4.79 Å². The summed E-state index contributed by atoms with van der Waals surface area (Å²) in [5.41, 5.74) is 6.36. The van der Waals surface area contributed by atoms with Gasteiger partial charge in [0, 0.05) is 5.56 Å². The number of aromatic nitrogens is 1. The molecule has 0 fully saturated rings. The van der Waals surface area contributed by atoms with E-state index < -0.39 is 0 Å². The van der Waals surface area contributed by atoms with Gasteiger partial charge in [-0.15, -0.1) is 0 Å². The largest absolute Gasteiger partial charge is 0.493 e. The normalized spacial score (nSPS) is 15.9. The van der Waals surface area contributed by atoms with Crippen molar-refractivity contribution in [1.29, 1.82) is 0 Å². The number of halogens is 2. The summed E-state index contributed by atoms with van der Waals surface area (Å²) < 4.78 is 21.4. The summed E-state index contributed by atoms with van der Waals surface area (Å²) >= 11 is 5.97. The number of methoxy groups -OCH3 is 2. The molecule has 0 bridgehead atoms. The third kappa shape index (κ3) is 5.16. The van der Waals surface area contributed by atoms with Crippen molar-refractivity contribution in [2.24, 2.45) is 4.99 Å². The van der Waals surface area contributed by atoms with Gasteiger partial charge >= 0.3 is 0 Å². The highest BCUT2D eigenvalue weighted by atomic mass is 127. The van der Waals surface area contributed by atoms with Gasteiger partial charge in [-0.25, -0.2) is 4.99 Å². The van der Waals surface area contributed by atoms with Crippen molar-refractivity contribution in [3.8, 4) is 17.2 Å². The van der Waals surface area contributed by atoms with Crippen molar-refractivity contribution in [2.45, 2.75) is 18.9 Å². The molecule has 6 nitrogen and oxygen atoms in total. The van der Waals surface area contributed by atoms with Crippen LogP contribution in [0, 0.1) is 7.14 Å². The molecule has 208 valence electrons. The Morgan fingerprint density at radius 3 is 2.54 bits per heavy atom. The summed E-state index contributed by atoms with van der Waals surface area (Å²) in [6.45, 7) is 4.18. The number of aryl methyl sites for hydroxylation is 1. The van der Waals surface area contributed by atoms with Crippen LogP contribution in [0.25, 0.3) is 11.8 Å². The lowest BCUT2D eigenvalue weighted by molar-refractivity contribution is 0.354. The van der Waals surface area contributed by atoms with Crippen LogP contribution in [0.4, 0.5) is 0 Å². The Kier molecular flexibility index (Phi) is 8.10. The first-order valence-corrected chi connectivity index (χ1v) is 16.0. The van der Waals surface area contributed by atoms with Crippen molar-refractivity contribution in [3.05, 3.63) is 122 Å². The lowest BCUT2D eigenvalue weighted by Gasteiger charge is -2.31. The van der Waals surface area contributed by atoms with Gasteiger partial charge in [-0.1, -0.05) is 54.3 Å². The molecule has 2 heterocycles. The van der Waals surface area contributed by atoms with Crippen LogP contribution in [-0.4, -0.2) is 25.4 Å². The summed E-state index contributed by atoms with van der Waals surface area (Å²) in [6, 6.07) is 18.1. The van der Waals surface area contributed by atoms with Crippen molar-refractivity contribution < 1.29 is 14.2 Å². The highest BCUT2D eigenvalue weighted by Crippen LogP contribution is 2.42. The van der Waals surface area contributed by atoms with E-state index in [0.29, 0.717) is 27.4 Å². The number of thiazole rings is 1. The summed E-state index contributed by atoms with van der Waals surface area (Å²) in [4.78, 5) is 19.9. The second-order valence-electron chi connectivity index (χ2n) is 9.64. The highest BCUT2D eigenvalue weighted by molar-refractivity contribution is 14.1. The maximum absolute atomic E-state index is 14.1. The van der Waals surface area contributed by atoms with Crippen molar-refractivity contribution in [1.82, 2.24) is 4.57 Å². The fraction of sp³-hybridized carbons (Fsp3) is 0.188. The maximum atomic E-state index is 14.1. The second-order valence-corrected chi connectivity index (χ2v) is 13.0. The Morgan fingerprint density at radius 1 is 1.05 bits per heavy atom. The van der Waals surface area contributed by atoms with Gasteiger partial charge in [0.25, 0.3) is 5.56 Å². The molecule has 0 amide bonds. The van der Waals surface area contributed by atoms with Gasteiger partial charge in [-0.2, -0.15) is 0 Å². The molecule has 6 rings (SSSR count). The first-order valence-electron chi connectivity index (χ1n) is 13.0. The molecule has 1 unspecified atom stereocenters. The molecule has 0 radical (unpaired) electrons. The molecule has 41 heavy (non-hydrogen) atoms. The summed E-state index contributed by atoms with van der Waals surface area (Å²) in [7, 11) is 3.25. The molecule has 1 aromatic heterocycles. The Hall–Kier alpha value is -2.90. The fourth-order valence-electron chi connectivity index (χ4n) is 5.44. The topological polar surface area (TPSA) is 62.0 Å². The maximum Gasteiger partial charge on any atom is 0.271 e. The van der Waals surface area contributed by atoms with E-state index in [-0.39, 0.29) is 11.6 Å². The summed E-state index contributed by atoms with van der Waals surface area (Å²) in [6.07, 6.45) is 5.40. The molecule has 1 aliphatic carbocycles. The lowest BCUT2D eigenvalue weighted by Crippen LogP contribution is -2.38. The SMILES string of the molecule is C=CCOc1c(I)cc(C=c2sc3n(c2=O)C(c2ccc(OC)c(OC)c2)C2=C(N=3)c3ccccc3CC2)cc1I. The van der Waals surface area contributed by atoms with Crippen LogP contribution in [0.15, 0.2) is 82.6 Å². The summed E-state index contributed by atoms with van der Waals surface area (Å²) in [5, 5.41) is 0. The number of ether oxygens (including phenoxy) is 3. The van der Waals surface area contributed by atoms with Gasteiger partial charge in [0.05, 0.1) is 37.6 Å². The molecule has 3 aromatic carbocycles.